The van der Waals surface area contributed by atoms with Crippen LogP contribution >= 0.6 is 0 Å². The standard InChI is InChI=1S/C13H14N2O3/c1-3-8-4-5-11(18-2)9(6-8)12-10(13(16)17)7-14-15-12/h4-7H,3H2,1-2H3,(H,14,15)(H,16,17). The molecule has 2 N–H and O–H groups in total. The van der Waals surface area contributed by atoms with Crippen molar-refractivity contribution in [2.75, 3.05) is 7.11 Å². The number of benzene rings is 1. The van der Waals surface area contributed by atoms with E-state index in [0.29, 0.717) is 17.0 Å². The Kier molecular flexibility index (Phi) is 3.32. The van der Waals surface area contributed by atoms with E-state index in [2.05, 4.69) is 10.2 Å². The molecule has 0 bridgehead atoms. The van der Waals surface area contributed by atoms with Crippen molar-refractivity contribution in [3.8, 4) is 17.0 Å². The summed E-state index contributed by atoms with van der Waals surface area (Å²) in [5.41, 5.74) is 2.43. The third kappa shape index (κ3) is 2.07. The number of nitrogens with zero attached hydrogens (tertiary/aromatic N) is 1. The van der Waals surface area contributed by atoms with Crippen LogP contribution in [0.25, 0.3) is 11.3 Å². The Labute approximate surface area is 104 Å². The molecule has 2 rings (SSSR count). The minimum absolute atomic E-state index is 0.140. The molecule has 0 atom stereocenters. The zero-order chi connectivity index (χ0) is 13.1. The van der Waals surface area contributed by atoms with Crippen molar-refractivity contribution in [1.82, 2.24) is 10.2 Å². The second-order valence-electron chi connectivity index (χ2n) is 3.85. The molecule has 2 aromatic rings. The van der Waals surface area contributed by atoms with Gasteiger partial charge in [0, 0.05) is 5.56 Å². The van der Waals surface area contributed by atoms with Gasteiger partial charge in [0.2, 0.25) is 0 Å². The molecule has 1 aromatic carbocycles. The predicted molar refractivity (Wildman–Crippen MR) is 66.9 cm³/mol. The van der Waals surface area contributed by atoms with Crippen molar-refractivity contribution >= 4 is 5.97 Å². The van der Waals surface area contributed by atoms with Gasteiger partial charge in [-0.3, -0.25) is 5.10 Å². The summed E-state index contributed by atoms with van der Waals surface area (Å²) in [5, 5.41) is 15.6. The van der Waals surface area contributed by atoms with Crippen LogP contribution in [0.2, 0.25) is 0 Å². The van der Waals surface area contributed by atoms with Crippen LogP contribution in [0.5, 0.6) is 5.75 Å². The molecule has 0 aliphatic rings. The van der Waals surface area contributed by atoms with Gasteiger partial charge < -0.3 is 9.84 Å². The van der Waals surface area contributed by atoms with Crippen molar-refractivity contribution in [3.05, 3.63) is 35.5 Å². The highest BCUT2D eigenvalue weighted by Crippen LogP contribution is 2.31. The molecule has 18 heavy (non-hydrogen) atoms. The van der Waals surface area contributed by atoms with Gasteiger partial charge in [0.25, 0.3) is 0 Å². The summed E-state index contributed by atoms with van der Waals surface area (Å²) in [6, 6.07) is 5.71. The van der Waals surface area contributed by atoms with Gasteiger partial charge in [0.15, 0.2) is 0 Å². The van der Waals surface area contributed by atoms with Gasteiger partial charge in [0.05, 0.1) is 19.0 Å². The number of aromatic nitrogens is 2. The molecule has 0 aliphatic heterocycles. The lowest BCUT2D eigenvalue weighted by atomic mass is 10.0. The number of methoxy groups -OCH3 is 1. The topological polar surface area (TPSA) is 75.2 Å². The first-order valence-electron chi connectivity index (χ1n) is 5.61. The summed E-state index contributed by atoms with van der Waals surface area (Å²) in [6.45, 7) is 2.04. The fourth-order valence-electron chi connectivity index (χ4n) is 1.82. The molecular weight excluding hydrogens is 232 g/mol. The van der Waals surface area contributed by atoms with Gasteiger partial charge in [-0.1, -0.05) is 13.0 Å². The number of carboxylic acids is 1. The molecule has 0 fully saturated rings. The third-order valence-corrected chi connectivity index (χ3v) is 2.81. The number of hydrogen-bond acceptors (Lipinski definition) is 3. The molecule has 0 aliphatic carbocycles. The van der Waals surface area contributed by atoms with Crippen LogP contribution in [-0.4, -0.2) is 28.4 Å². The number of aromatic carboxylic acids is 1. The SMILES string of the molecule is CCc1ccc(OC)c(-c2[nH]ncc2C(=O)O)c1. The average Bonchev–Trinajstić information content (AvgIpc) is 2.87. The molecule has 5 heteroatoms. The fourth-order valence-corrected chi connectivity index (χ4v) is 1.82. The van der Waals surface area contributed by atoms with Crippen LogP contribution in [0.3, 0.4) is 0 Å². The van der Waals surface area contributed by atoms with Crippen molar-refractivity contribution in [3.63, 3.8) is 0 Å². The first-order valence-corrected chi connectivity index (χ1v) is 5.61. The molecule has 0 saturated carbocycles. The van der Waals surface area contributed by atoms with Crippen LogP contribution in [-0.2, 0) is 6.42 Å². The van der Waals surface area contributed by atoms with Crippen molar-refractivity contribution in [2.24, 2.45) is 0 Å². The molecule has 0 amide bonds. The average molecular weight is 246 g/mol. The lowest BCUT2D eigenvalue weighted by Gasteiger charge is -2.09. The molecule has 94 valence electrons. The third-order valence-electron chi connectivity index (χ3n) is 2.81. The summed E-state index contributed by atoms with van der Waals surface area (Å²) < 4.78 is 5.26. The number of carbonyl (C=O) groups is 1. The summed E-state index contributed by atoms with van der Waals surface area (Å²) in [7, 11) is 1.56. The lowest BCUT2D eigenvalue weighted by Crippen LogP contribution is -1.98. The number of nitrogens with one attached hydrogen (secondary N) is 1. The Hall–Kier alpha value is -2.30. The van der Waals surface area contributed by atoms with Crippen LogP contribution in [0.1, 0.15) is 22.8 Å². The molecule has 0 saturated heterocycles. The molecule has 0 spiro atoms. The van der Waals surface area contributed by atoms with Crippen LogP contribution in [0.15, 0.2) is 24.4 Å². The quantitative estimate of drug-likeness (QED) is 0.868. The number of H-pyrrole nitrogens is 1. The molecular formula is C13H14N2O3. The number of ether oxygens (including phenoxy) is 1. The van der Waals surface area contributed by atoms with E-state index in [-0.39, 0.29) is 5.56 Å². The second-order valence-corrected chi connectivity index (χ2v) is 3.85. The highest BCUT2D eigenvalue weighted by atomic mass is 16.5. The zero-order valence-electron chi connectivity index (χ0n) is 10.2. The minimum Gasteiger partial charge on any atom is -0.496 e. The monoisotopic (exact) mass is 246 g/mol. The van der Waals surface area contributed by atoms with E-state index >= 15 is 0 Å². The summed E-state index contributed by atoms with van der Waals surface area (Å²) in [4.78, 5) is 11.1. The van der Waals surface area contributed by atoms with Crippen LogP contribution in [0.4, 0.5) is 0 Å². The van der Waals surface area contributed by atoms with Gasteiger partial charge in [0.1, 0.15) is 11.3 Å². The number of aromatic amines is 1. The van der Waals surface area contributed by atoms with Gasteiger partial charge >= 0.3 is 5.97 Å². The van der Waals surface area contributed by atoms with E-state index < -0.39 is 5.97 Å². The smallest absolute Gasteiger partial charge is 0.339 e. The second kappa shape index (κ2) is 4.91. The maximum absolute atomic E-state index is 11.1. The largest absolute Gasteiger partial charge is 0.496 e. The first kappa shape index (κ1) is 12.2. The van der Waals surface area contributed by atoms with Crippen molar-refractivity contribution in [2.45, 2.75) is 13.3 Å². The van der Waals surface area contributed by atoms with Gasteiger partial charge in [-0.15, -0.1) is 0 Å². The van der Waals surface area contributed by atoms with E-state index in [0.717, 1.165) is 12.0 Å². The molecule has 5 nitrogen and oxygen atoms in total. The van der Waals surface area contributed by atoms with Gasteiger partial charge in [-0.2, -0.15) is 5.10 Å². The van der Waals surface area contributed by atoms with E-state index in [1.165, 1.54) is 6.20 Å². The summed E-state index contributed by atoms with van der Waals surface area (Å²) >= 11 is 0. The molecule has 0 radical (unpaired) electrons. The Morgan fingerprint density at radius 1 is 1.50 bits per heavy atom. The Morgan fingerprint density at radius 2 is 2.28 bits per heavy atom. The number of aryl methyl sites for hydroxylation is 1. The highest BCUT2D eigenvalue weighted by molar-refractivity contribution is 5.95. The number of rotatable bonds is 4. The Morgan fingerprint density at radius 3 is 2.89 bits per heavy atom. The van der Waals surface area contributed by atoms with Crippen molar-refractivity contribution in [1.29, 1.82) is 0 Å². The van der Waals surface area contributed by atoms with E-state index in [1.54, 1.807) is 7.11 Å². The van der Waals surface area contributed by atoms with E-state index in [4.69, 9.17) is 9.84 Å². The summed E-state index contributed by atoms with van der Waals surface area (Å²) in [5.74, 6) is -0.387. The Balaban J connectivity index is 2.61. The van der Waals surface area contributed by atoms with Gasteiger partial charge in [-0.05, 0) is 24.1 Å². The van der Waals surface area contributed by atoms with E-state index in [9.17, 15) is 4.79 Å². The van der Waals surface area contributed by atoms with Gasteiger partial charge in [-0.25, -0.2) is 4.79 Å². The maximum Gasteiger partial charge on any atom is 0.339 e. The Bertz CT molecular complexity index is 575. The van der Waals surface area contributed by atoms with Crippen molar-refractivity contribution < 1.29 is 14.6 Å². The fraction of sp³-hybridized carbons (Fsp3) is 0.231. The normalized spacial score (nSPS) is 10.3. The molecule has 0 unspecified atom stereocenters. The maximum atomic E-state index is 11.1. The summed E-state index contributed by atoms with van der Waals surface area (Å²) in [6.07, 6.45) is 2.17. The molecule has 1 aromatic heterocycles. The number of carboxylic acid groups (broad SMARTS) is 1. The van der Waals surface area contributed by atoms with E-state index in [1.807, 2.05) is 25.1 Å². The zero-order valence-corrected chi connectivity index (χ0v) is 10.2. The van der Waals surface area contributed by atoms with Crippen LogP contribution in [0, 0.1) is 0 Å². The van der Waals surface area contributed by atoms with Crippen LogP contribution < -0.4 is 4.74 Å². The predicted octanol–water partition coefficient (Wildman–Crippen LogP) is 2.35. The number of hydrogen-bond donors (Lipinski definition) is 2. The highest BCUT2D eigenvalue weighted by Gasteiger charge is 2.17. The molecule has 1 heterocycles. The lowest BCUT2D eigenvalue weighted by molar-refractivity contribution is 0.0698. The minimum atomic E-state index is -1.01. The first-order chi connectivity index (χ1) is 8.67.